The van der Waals surface area contributed by atoms with Gasteiger partial charge in [0, 0.05) is 21.7 Å². The zero-order chi connectivity index (χ0) is 22.2. The molecule has 31 heavy (non-hydrogen) atoms. The van der Waals surface area contributed by atoms with E-state index in [0.29, 0.717) is 22.3 Å². The molecule has 0 amide bonds. The first-order chi connectivity index (χ1) is 14.9. The van der Waals surface area contributed by atoms with Gasteiger partial charge in [0.1, 0.15) is 11.6 Å². The van der Waals surface area contributed by atoms with Gasteiger partial charge < -0.3 is 14.6 Å². The Kier molecular flexibility index (Phi) is 8.20. The fraction of sp³-hybridized carbons (Fsp3) is 0.208. The Morgan fingerprint density at radius 3 is 2.61 bits per heavy atom. The molecule has 1 atom stereocenters. The summed E-state index contributed by atoms with van der Waals surface area (Å²) >= 11 is 7.76. The lowest BCUT2D eigenvalue weighted by Crippen LogP contribution is -2.13. The summed E-state index contributed by atoms with van der Waals surface area (Å²) in [5, 5.41) is 9.44. The number of rotatable bonds is 10. The van der Waals surface area contributed by atoms with Crippen molar-refractivity contribution < 1.29 is 23.8 Å². The normalized spacial score (nSPS) is 11.7. The van der Waals surface area contributed by atoms with Gasteiger partial charge in [0.15, 0.2) is 11.5 Å². The van der Waals surface area contributed by atoms with Crippen molar-refractivity contribution in [1.29, 1.82) is 0 Å². The van der Waals surface area contributed by atoms with Gasteiger partial charge >= 0.3 is 5.97 Å². The van der Waals surface area contributed by atoms with Gasteiger partial charge in [-0.3, -0.25) is 4.79 Å². The fourth-order valence-corrected chi connectivity index (χ4v) is 4.08. The molecule has 3 rings (SSSR count). The first-order valence-electron chi connectivity index (χ1n) is 9.72. The van der Waals surface area contributed by atoms with Crippen LogP contribution in [0.15, 0.2) is 71.6 Å². The second-order valence-corrected chi connectivity index (χ2v) is 8.54. The summed E-state index contributed by atoms with van der Waals surface area (Å²) in [6.45, 7) is 1.97. The van der Waals surface area contributed by atoms with E-state index in [1.165, 1.54) is 12.1 Å². The summed E-state index contributed by atoms with van der Waals surface area (Å²) in [6.07, 6.45) is 0.694. The second-order valence-electron chi connectivity index (χ2n) is 6.93. The largest absolute Gasteiger partial charge is 0.487 e. The lowest BCUT2D eigenvalue weighted by Gasteiger charge is -2.18. The van der Waals surface area contributed by atoms with Gasteiger partial charge in [-0.25, -0.2) is 4.39 Å². The molecule has 7 heteroatoms. The highest BCUT2D eigenvalue weighted by Gasteiger charge is 2.12. The molecule has 0 aliphatic carbocycles. The average Bonchev–Trinajstić information content (AvgIpc) is 2.71. The van der Waals surface area contributed by atoms with Crippen LogP contribution in [0.1, 0.15) is 18.9 Å². The van der Waals surface area contributed by atoms with E-state index in [0.717, 1.165) is 22.6 Å². The molecule has 1 N–H and O–H groups in total. The summed E-state index contributed by atoms with van der Waals surface area (Å²) < 4.78 is 25.0. The van der Waals surface area contributed by atoms with Gasteiger partial charge in [-0.2, -0.15) is 0 Å². The maximum atomic E-state index is 13.1. The number of ether oxygens (including phenoxy) is 2. The second kappa shape index (κ2) is 11.1. The number of hydrogen-bond donors (Lipinski definition) is 1. The molecule has 3 aromatic carbocycles. The molecule has 0 aliphatic heterocycles. The molecule has 0 spiro atoms. The fourth-order valence-electron chi connectivity index (χ4n) is 2.83. The zero-order valence-corrected chi connectivity index (χ0v) is 18.5. The van der Waals surface area contributed by atoms with Crippen LogP contribution in [0.2, 0.25) is 5.02 Å². The lowest BCUT2D eigenvalue weighted by molar-refractivity contribution is -0.136. The van der Waals surface area contributed by atoms with Crippen LogP contribution in [0.5, 0.6) is 17.2 Å². The first-order valence-corrected chi connectivity index (χ1v) is 11.1. The van der Waals surface area contributed by atoms with Crippen LogP contribution in [0, 0.1) is 5.82 Å². The third-order valence-corrected chi connectivity index (χ3v) is 5.58. The minimum Gasteiger partial charge on any atom is -0.487 e. The van der Waals surface area contributed by atoms with Crippen molar-refractivity contribution in [1.82, 2.24) is 0 Å². The van der Waals surface area contributed by atoms with E-state index < -0.39 is 5.97 Å². The summed E-state index contributed by atoms with van der Waals surface area (Å²) in [5.41, 5.74) is 0.783. The van der Waals surface area contributed by atoms with Crippen molar-refractivity contribution >= 4 is 29.3 Å². The number of benzene rings is 3. The Hall–Kier alpha value is -2.70. The van der Waals surface area contributed by atoms with Crippen LogP contribution in [0.4, 0.5) is 4.39 Å². The number of carbonyl (C=O) groups is 1. The minimum atomic E-state index is -0.842. The first kappa shape index (κ1) is 23.0. The number of hydrogen-bond acceptors (Lipinski definition) is 4. The van der Waals surface area contributed by atoms with E-state index >= 15 is 0 Å². The molecular formula is C24H22ClFO4S. The van der Waals surface area contributed by atoms with E-state index in [4.69, 9.17) is 26.2 Å². The van der Waals surface area contributed by atoms with E-state index in [9.17, 15) is 9.18 Å². The van der Waals surface area contributed by atoms with E-state index in [2.05, 4.69) is 0 Å². The highest BCUT2D eigenvalue weighted by molar-refractivity contribution is 7.99. The number of carboxylic acids is 1. The quantitative estimate of drug-likeness (QED) is 0.335. The maximum absolute atomic E-state index is 13.1. The molecule has 0 saturated heterocycles. The molecule has 3 aromatic rings. The molecule has 0 aliphatic rings. The molecule has 0 saturated carbocycles. The van der Waals surface area contributed by atoms with Crippen LogP contribution in [0.25, 0.3) is 0 Å². The summed E-state index contributed by atoms with van der Waals surface area (Å²) in [6, 6.07) is 18.4. The third-order valence-electron chi connectivity index (χ3n) is 4.32. The lowest BCUT2D eigenvalue weighted by atomic mass is 10.2. The molecular weight excluding hydrogens is 439 g/mol. The highest BCUT2D eigenvalue weighted by atomic mass is 35.5. The Bertz CT molecular complexity index is 1030. The van der Waals surface area contributed by atoms with Gasteiger partial charge in [0.25, 0.3) is 0 Å². The number of halogens is 2. The van der Waals surface area contributed by atoms with Gasteiger partial charge in [-0.05, 0) is 67.4 Å². The van der Waals surface area contributed by atoms with Gasteiger partial charge in [0.2, 0.25) is 0 Å². The van der Waals surface area contributed by atoms with Gasteiger partial charge in [-0.15, -0.1) is 11.8 Å². The van der Waals surface area contributed by atoms with Crippen molar-refractivity contribution in [3.05, 3.63) is 83.1 Å². The molecule has 0 aromatic heterocycles. The Morgan fingerprint density at radius 2 is 1.87 bits per heavy atom. The Morgan fingerprint density at radius 1 is 1.10 bits per heavy atom. The zero-order valence-electron chi connectivity index (χ0n) is 16.9. The Labute approximate surface area is 190 Å². The molecule has 1 unspecified atom stereocenters. The van der Waals surface area contributed by atoms with Crippen LogP contribution in [0.3, 0.4) is 0 Å². The molecule has 0 heterocycles. The number of carboxylic acid groups (broad SMARTS) is 1. The van der Waals surface area contributed by atoms with Crippen LogP contribution < -0.4 is 9.47 Å². The van der Waals surface area contributed by atoms with Gasteiger partial charge in [-0.1, -0.05) is 23.7 Å². The van der Waals surface area contributed by atoms with E-state index in [1.54, 1.807) is 42.1 Å². The summed E-state index contributed by atoms with van der Waals surface area (Å²) in [4.78, 5) is 11.9. The van der Waals surface area contributed by atoms with E-state index in [-0.39, 0.29) is 18.3 Å². The predicted molar refractivity (Wildman–Crippen MR) is 121 cm³/mol. The summed E-state index contributed by atoms with van der Waals surface area (Å²) in [7, 11) is 0. The van der Waals surface area contributed by atoms with Crippen molar-refractivity contribution in [2.45, 2.75) is 30.8 Å². The van der Waals surface area contributed by atoms with Crippen molar-refractivity contribution in [2.75, 3.05) is 5.75 Å². The number of thioether (sulfide) groups is 1. The van der Waals surface area contributed by atoms with Crippen LogP contribution in [-0.4, -0.2) is 22.9 Å². The third kappa shape index (κ3) is 7.49. The van der Waals surface area contributed by atoms with E-state index in [1.807, 2.05) is 31.2 Å². The molecule has 4 nitrogen and oxygen atoms in total. The topological polar surface area (TPSA) is 55.8 Å². The molecule has 0 bridgehead atoms. The SMILES string of the molecule is CC(CCSc1cccc(CC(=O)O)c1)Oc1ccc(Cl)cc1Oc1ccc(F)cc1. The van der Waals surface area contributed by atoms with Crippen molar-refractivity contribution in [2.24, 2.45) is 0 Å². The smallest absolute Gasteiger partial charge is 0.307 e. The van der Waals surface area contributed by atoms with Crippen molar-refractivity contribution in [3.63, 3.8) is 0 Å². The van der Waals surface area contributed by atoms with Gasteiger partial charge in [0.05, 0.1) is 12.5 Å². The standard InChI is InChI=1S/C24H22ClFO4S/c1-16(11-12-31-21-4-2-3-17(13-21)14-24(27)28)29-22-10-5-18(25)15-23(22)30-20-8-6-19(26)7-9-20/h2-10,13,15-16H,11-12,14H2,1H3,(H,27,28). The van der Waals surface area contributed by atoms with Crippen LogP contribution >= 0.6 is 23.4 Å². The summed E-state index contributed by atoms with van der Waals surface area (Å²) in [5.74, 6) is 1.12. The molecule has 0 radical (unpaired) electrons. The van der Waals surface area contributed by atoms with Crippen LogP contribution in [-0.2, 0) is 11.2 Å². The maximum Gasteiger partial charge on any atom is 0.307 e. The Balaban J connectivity index is 1.57. The average molecular weight is 461 g/mol. The minimum absolute atomic E-state index is 0.0152. The number of aliphatic carboxylic acids is 1. The molecule has 162 valence electrons. The monoisotopic (exact) mass is 460 g/mol. The van der Waals surface area contributed by atoms with Crippen molar-refractivity contribution in [3.8, 4) is 17.2 Å². The molecule has 0 fully saturated rings. The predicted octanol–water partition coefficient (Wildman–Crippen LogP) is 6.85. The highest BCUT2D eigenvalue weighted by Crippen LogP contribution is 2.35.